The number of halogens is 1. The van der Waals surface area contributed by atoms with Crippen LogP contribution in [0, 0.1) is 19.7 Å². The molecule has 0 aromatic heterocycles. The zero-order valence-electron chi connectivity index (χ0n) is 14.8. The van der Waals surface area contributed by atoms with Crippen LogP contribution in [0.25, 0.3) is 0 Å². The summed E-state index contributed by atoms with van der Waals surface area (Å²) in [6, 6.07) is 12.6. The zero-order chi connectivity index (χ0) is 17.8. The van der Waals surface area contributed by atoms with Crippen molar-refractivity contribution < 1.29 is 9.18 Å². The Kier molecular flexibility index (Phi) is 5.34. The van der Waals surface area contributed by atoms with Crippen molar-refractivity contribution in [1.29, 1.82) is 0 Å². The largest absolute Gasteiger partial charge is 0.322 e. The van der Waals surface area contributed by atoms with E-state index < -0.39 is 0 Å². The van der Waals surface area contributed by atoms with Gasteiger partial charge in [-0.2, -0.15) is 0 Å². The molecule has 0 atom stereocenters. The van der Waals surface area contributed by atoms with Gasteiger partial charge in [0, 0.05) is 30.9 Å². The number of carbonyl (C=O) groups excluding carboxylic acids is 1. The SMILES string of the molecule is Cc1ccc(NC(=O)N2CCCN(Cc3ccccc3F)C2)cc1C. The van der Waals surface area contributed by atoms with Gasteiger partial charge in [-0.3, -0.25) is 4.90 Å². The first-order chi connectivity index (χ1) is 12.0. The lowest BCUT2D eigenvalue weighted by Gasteiger charge is -2.35. The lowest BCUT2D eigenvalue weighted by Crippen LogP contribution is -2.48. The molecule has 2 amide bonds. The summed E-state index contributed by atoms with van der Waals surface area (Å²) in [6.07, 6.45) is 0.884. The summed E-state index contributed by atoms with van der Waals surface area (Å²) in [5.74, 6) is -0.195. The molecule has 2 aromatic rings. The third-order valence-electron chi connectivity index (χ3n) is 4.67. The van der Waals surface area contributed by atoms with Crippen LogP contribution in [0.15, 0.2) is 42.5 Å². The smallest absolute Gasteiger partial charge is 0.311 e. The Morgan fingerprint density at radius 3 is 2.68 bits per heavy atom. The standard InChI is InChI=1S/C20H24FN3O/c1-15-8-9-18(12-16(15)2)22-20(25)24-11-5-10-23(14-24)13-17-6-3-4-7-19(17)21/h3-4,6-9,12H,5,10-11,13-14H2,1-2H3,(H,22,25). The van der Waals surface area contributed by atoms with Gasteiger partial charge < -0.3 is 10.2 Å². The van der Waals surface area contributed by atoms with Crippen LogP contribution in [-0.2, 0) is 6.54 Å². The molecule has 1 fully saturated rings. The number of hydrogen-bond acceptors (Lipinski definition) is 2. The topological polar surface area (TPSA) is 35.6 Å². The third-order valence-corrected chi connectivity index (χ3v) is 4.67. The van der Waals surface area contributed by atoms with Crippen molar-refractivity contribution in [3.8, 4) is 0 Å². The number of amides is 2. The molecule has 2 aromatic carbocycles. The van der Waals surface area contributed by atoms with Crippen molar-refractivity contribution in [2.24, 2.45) is 0 Å². The Labute approximate surface area is 148 Å². The number of anilines is 1. The minimum absolute atomic E-state index is 0.110. The Bertz CT molecular complexity index is 762. The van der Waals surface area contributed by atoms with Gasteiger partial charge in [0.1, 0.15) is 5.82 Å². The molecule has 4 nitrogen and oxygen atoms in total. The van der Waals surface area contributed by atoms with Crippen molar-refractivity contribution in [2.45, 2.75) is 26.8 Å². The van der Waals surface area contributed by atoms with E-state index in [4.69, 9.17) is 0 Å². The highest BCUT2D eigenvalue weighted by Gasteiger charge is 2.22. The average molecular weight is 341 g/mol. The van der Waals surface area contributed by atoms with Crippen LogP contribution in [0.2, 0.25) is 0 Å². The lowest BCUT2D eigenvalue weighted by atomic mass is 10.1. The highest BCUT2D eigenvalue weighted by Crippen LogP contribution is 2.17. The van der Waals surface area contributed by atoms with Crippen molar-refractivity contribution in [3.05, 3.63) is 65.0 Å². The van der Waals surface area contributed by atoms with Crippen molar-refractivity contribution in [1.82, 2.24) is 9.80 Å². The Morgan fingerprint density at radius 2 is 1.92 bits per heavy atom. The molecule has 1 heterocycles. The lowest BCUT2D eigenvalue weighted by molar-refractivity contribution is 0.104. The van der Waals surface area contributed by atoms with Gasteiger partial charge in [0.25, 0.3) is 0 Å². The second-order valence-electron chi connectivity index (χ2n) is 6.63. The van der Waals surface area contributed by atoms with E-state index in [0.717, 1.165) is 24.2 Å². The highest BCUT2D eigenvalue weighted by molar-refractivity contribution is 5.89. The van der Waals surface area contributed by atoms with Crippen LogP contribution in [0.4, 0.5) is 14.9 Å². The molecule has 0 radical (unpaired) electrons. The second-order valence-corrected chi connectivity index (χ2v) is 6.63. The Hall–Kier alpha value is -2.40. The van der Waals surface area contributed by atoms with Crippen molar-refractivity contribution in [2.75, 3.05) is 25.1 Å². The molecule has 25 heavy (non-hydrogen) atoms. The predicted octanol–water partition coefficient (Wildman–Crippen LogP) is 4.14. The van der Waals surface area contributed by atoms with Crippen LogP contribution in [-0.4, -0.2) is 35.6 Å². The number of urea groups is 1. The van der Waals surface area contributed by atoms with Crippen LogP contribution < -0.4 is 5.32 Å². The molecule has 5 heteroatoms. The van der Waals surface area contributed by atoms with Crippen molar-refractivity contribution >= 4 is 11.7 Å². The number of carbonyl (C=O) groups is 1. The summed E-state index contributed by atoms with van der Waals surface area (Å²) in [6.45, 7) is 6.67. The van der Waals surface area contributed by atoms with E-state index in [-0.39, 0.29) is 11.8 Å². The molecule has 132 valence electrons. The van der Waals surface area contributed by atoms with Crippen LogP contribution in [0.3, 0.4) is 0 Å². The molecular weight excluding hydrogens is 317 g/mol. The minimum atomic E-state index is -0.195. The van der Waals surface area contributed by atoms with Gasteiger partial charge in [0.2, 0.25) is 0 Å². The molecule has 1 aliphatic rings. The molecule has 0 bridgehead atoms. The van der Waals surface area contributed by atoms with Gasteiger partial charge in [0.15, 0.2) is 0 Å². The maximum atomic E-state index is 13.8. The normalized spacial score (nSPS) is 15.2. The van der Waals surface area contributed by atoms with E-state index in [1.165, 1.54) is 11.6 Å². The highest BCUT2D eigenvalue weighted by atomic mass is 19.1. The fourth-order valence-electron chi connectivity index (χ4n) is 3.05. The van der Waals surface area contributed by atoms with Gasteiger partial charge >= 0.3 is 6.03 Å². The van der Waals surface area contributed by atoms with E-state index in [0.29, 0.717) is 25.3 Å². The Morgan fingerprint density at radius 1 is 1.12 bits per heavy atom. The summed E-state index contributed by atoms with van der Waals surface area (Å²) in [4.78, 5) is 16.4. The number of aryl methyl sites for hydroxylation is 2. The van der Waals surface area contributed by atoms with Gasteiger partial charge in [-0.25, -0.2) is 9.18 Å². The number of benzene rings is 2. The van der Waals surface area contributed by atoms with E-state index in [9.17, 15) is 9.18 Å². The molecule has 1 saturated heterocycles. The summed E-state index contributed by atoms with van der Waals surface area (Å²) < 4.78 is 13.8. The number of nitrogens with zero attached hydrogens (tertiary/aromatic N) is 2. The molecule has 0 spiro atoms. The van der Waals surface area contributed by atoms with Gasteiger partial charge in [-0.15, -0.1) is 0 Å². The predicted molar refractivity (Wildman–Crippen MR) is 97.9 cm³/mol. The molecule has 1 N–H and O–H groups in total. The first kappa shape index (κ1) is 17.4. The van der Waals surface area contributed by atoms with Crippen LogP contribution in [0.1, 0.15) is 23.1 Å². The maximum Gasteiger partial charge on any atom is 0.322 e. The zero-order valence-corrected chi connectivity index (χ0v) is 14.8. The molecule has 0 unspecified atom stereocenters. The quantitative estimate of drug-likeness (QED) is 0.911. The summed E-state index contributed by atoms with van der Waals surface area (Å²) >= 11 is 0. The molecule has 1 aliphatic heterocycles. The maximum absolute atomic E-state index is 13.8. The van der Waals surface area contributed by atoms with E-state index >= 15 is 0 Å². The summed E-state index contributed by atoms with van der Waals surface area (Å²) in [5.41, 5.74) is 3.82. The van der Waals surface area contributed by atoms with E-state index in [1.807, 2.05) is 38.1 Å². The monoisotopic (exact) mass is 341 g/mol. The average Bonchev–Trinajstić information content (AvgIpc) is 2.60. The van der Waals surface area contributed by atoms with Gasteiger partial charge in [-0.05, 0) is 49.6 Å². The fraction of sp³-hybridized carbons (Fsp3) is 0.350. The fourth-order valence-corrected chi connectivity index (χ4v) is 3.05. The van der Waals surface area contributed by atoms with Crippen LogP contribution >= 0.6 is 0 Å². The number of nitrogens with one attached hydrogen (secondary N) is 1. The second kappa shape index (κ2) is 7.66. The minimum Gasteiger partial charge on any atom is -0.311 e. The number of rotatable bonds is 3. The summed E-state index contributed by atoms with van der Waals surface area (Å²) in [5, 5.41) is 2.96. The van der Waals surface area contributed by atoms with Gasteiger partial charge in [0.05, 0.1) is 6.67 Å². The van der Waals surface area contributed by atoms with Gasteiger partial charge in [-0.1, -0.05) is 24.3 Å². The first-order valence-electron chi connectivity index (χ1n) is 8.62. The molecule has 0 saturated carbocycles. The molecular formula is C20H24FN3O. The van der Waals surface area contributed by atoms with E-state index in [2.05, 4.69) is 10.2 Å². The Balaban J connectivity index is 1.61. The number of hydrogen-bond donors (Lipinski definition) is 1. The first-order valence-corrected chi connectivity index (χ1v) is 8.62. The third kappa shape index (κ3) is 4.37. The van der Waals surface area contributed by atoms with Crippen molar-refractivity contribution in [3.63, 3.8) is 0 Å². The molecule has 0 aliphatic carbocycles. The molecule has 3 rings (SSSR count). The van der Waals surface area contributed by atoms with E-state index in [1.54, 1.807) is 17.0 Å². The van der Waals surface area contributed by atoms with Crippen LogP contribution in [0.5, 0.6) is 0 Å². The summed E-state index contributed by atoms with van der Waals surface area (Å²) in [7, 11) is 0.